The minimum atomic E-state index is -0.418. The lowest BCUT2D eigenvalue weighted by Crippen LogP contribution is -2.14. The number of aryl methyl sites for hydroxylation is 2. The number of benzene rings is 2. The summed E-state index contributed by atoms with van der Waals surface area (Å²) in [6, 6.07) is 18.2. The molecule has 0 atom stereocenters. The van der Waals surface area contributed by atoms with E-state index in [0.29, 0.717) is 21.9 Å². The first-order valence-electron chi connectivity index (χ1n) is 10.1. The van der Waals surface area contributed by atoms with Crippen molar-refractivity contribution in [2.45, 2.75) is 27.2 Å². The van der Waals surface area contributed by atoms with Crippen LogP contribution in [0.25, 0.3) is 10.1 Å². The van der Waals surface area contributed by atoms with Gasteiger partial charge in [-0.15, -0.1) is 22.7 Å². The number of anilines is 1. The van der Waals surface area contributed by atoms with E-state index < -0.39 is 5.97 Å². The molecular weight excluding hydrogens is 426 g/mol. The summed E-state index contributed by atoms with van der Waals surface area (Å²) in [6.45, 7) is 6.03. The van der Waals surface area contributed by atoms with Crippen LogP contribution in [0.15, 0.2) is 54.6 Å². The second kappa shape index (κ2) is 9.04. The molecule has 0 aliphatic heterocycles. The van der Waals surface area contributed by atoms with Crippen LogP contribution in [0, 0.1) is 13.8 Å². The summed E-state index contributed by atoms with van der Waals surface area (Å²) in [5, 5.41) is 4.59. The summed E-state index contributed by atoms with van der Waals surface area (Å²) in [5.41, 5.74) is 3.77. The maximum absolute atomic E-state index is 13.3. The molecule has 31 heavy (non-hydrogen) atoms. The average molecular weight is 450 g/mol. The summed E-state index contributed by atoms with van der Waals surface area (Å²) in [5.74, 6) is -0.617. The van der Waals surface area contributed by atoms with Crippen molar-refractivity contribution < 1.29 is 14.3 Å². The molecule has 0 saturated carbocycles. The van der Waals surface area contributed by atoms with E-state index in [9.17, 15) is 9.59 Å². The number of fused-ring (bicyclic) bond motifs is 1. The average Bonchev–Trinajstić information content (AvgIpc) is 3.30. The molecule has 0 unspecified atom stereocenters. The fraction of sp³-hybridized carbons (Fsp3) is 0.200. The minimum absolute atomic E-state index is 0.198. The van der Waals surface area contributed by atoms with Crippen LogP contribution in [0.5, 0.6) is 0 Å². The Morgan fingerprint density at radius 3 is 2.48 bits per heavy atom. The Kier molecular flexibility index (Phi) is 6.20. The van der Waals surface area contributed by atoms with Crippen molar-refractivity contribution in [2.75, 3.05) is 11.9 Å². The summed E-state index contributed by atoms with van der Waals surface area (Å²) in [6.07, 6.45) is 0.668. The van der Waals surface area contributed by atoms with E-state index in [0.717, 1.165) is 26.1 Å². The van der Waals surface area contributed by atoms with Crippen LogP contribution in [0.3, 0.4) is 0 Å². The van der Waals surface area contributed by atoms with Gasteiger partial charge in [-0.1, -0.05) is 48.0 Å². The lowest BCUT2D eigenvalue weighted by Gasteiger charge is -2.08. The van der Waals surface area contributed by atoms with Crippen molar-refractivity contribution in [3.63, 3.8) is 0 Å². The number of hydrogen-bond acceptors (Lipinski definition) is 5. The van der Waals surface area contributed by atoms with Gasteiger partial charge < -0.3 is 10.1 Å². The number of nitrogens with one attached hydrogen (secondary N) is 1. The quantitative estimate of drug-likeness (QED) is 0.337. The number of hydrogen-bond donors (Lipinski definition) is 1. The number of rotatable bonds is 6. The van der Waals surface area contributed by atoms with Gasteiger partial charge in [0.05, 0.1) is 17.0 Å². The number of ether oxygens (including phenoxy) is 1. The molecule has 0 bridgehead atoms. The lowest BCUT2D eigenvalue weighted by molar-refractivity contribution is 0.0528. The number of amides is 1. The van der Waals surface area contributed by atoms with Gasteiger partial charge in [0, 0.05) is 9.58 Å². The highest BCUT2D eigenvalue weighted by Crippen LogP contribution is 2.35. The van der Waals surface area contributed by atoms with Crippen molar-refractivity contribution in [3.05, 3.63) is 86.6 Å². The molecule has 1 amide bonds. The zero-order valence-electron chi connectivity index (χ0n) is 17.7. The van der Waals surface area contributed by atoms with Crippen molar-refractivity contribution in [1.82, 2.24) is 0 Å². The highest BCUT2D eigenvalue weighted by molar-refractivity contribution is 7.21. The number of carbonyl (C=O) groups excluding carboxylic acids is 2. The topological polar surface area (TPSA) is 55.4 Å². The van der Waals surface area contributed by atoms with Crippen molar-refractivity contribution >= 4 is 49.6 Å². The Hall–Kier alpha value is -2.96. The third-order valence-electron chi connectivity index (χ3n) is 4.98. The fourth-order valence-electron chi connectivity index (χ4n) is 3.50. The van der Waals surface area contributed by atoms with E-state index in [1.165, 1.54) is 28.2 Å². The maximum atomic E-state index is 13.3. The Morgan fingerprint density at radius 2 is 1.74 bits per heavy atom. The molecule has 4 aromatic rings. The van der Waals surface area contributed by atoms with E-state index in [2.05, 4.69) is 42.6 Å². The maximum Gasteiger partial charge on any atom is 0.341 e. The molecule has 6 heteroatoms. The van der Waals surface area contributed by atoms with Crippen molar-refractivity contribution in [3.8, 4) is 0 Å². The largest absolute Gasteiger partial charge is 0.462 e. The Labute approximate surface area is 189 Å². The standard InChI is InChI=1S/C25H23NO3S2/c1-4-29-25(28)20-13-16(3)30-24(20)26-23(27)22-19(14-17-11-9-15(2)10-12-17)18-7-5-6-8-21(18)31-22/h5-13H,4,14H2,1-3H3,(H,26,27). The molecule has 0 fully saturated rings. The third kappa shape index (κ3) is 4.55. The molecule has 158 valence electrons. The molecule has 0 saturated heterocycles. The molecular formula is C25H23NO3S2. The highest BCUT2D eigenvalue weighted by atomic mass is 32.1. The van der Waals surface area contributed by atoms with Gasteiger partial charge in [-0.3, -0.25) is 4.79 Å². The van der Waals surface area contributed by atoms with Gasteiger partial charge >= 0.3 is 5.97 Å². The molecule has 0 radical (unpaired) electrons. The zero-order valence-corrected chi connectivity index (χ0v) is 19.3. The SMILES string of the molecule is CCOC(=O)c1cc(C)sc1NC(=O)c1sc2ccccc2c1Cc1ccc(C)cc1. The van der Waals surface area contributed by atoms with Gasteiger partial charge in [-0.25, -0.2) is 4.79 Å². The lowest BCUT2D eigenvalue weighted by atomic mass is 10.0. The second-order valence-corrected chi connectivity index (χ2v) is 9.65. The van der Waals surface area contributed by atoms with Crippen LogP contribution in [-0.2, 0) is 11.2 Å². The normalized spacial score (nSPS) is 10.9. The van der Waals surface area contributed by atoms with Crippen LogP contribution >= 0.6 is 22.7 Å². The van der Waals surface area contributed by atoms with E-state index in [-0.39, 0.29) is 12.5 Å². The number of thiophene rings is 2. The first kappa shape index (κ1) is 21.3. The molecule has 4 nitrogen and oxygen atoms in total. The second-order valence-electron chi connectivity index (χ2n) is 7.34. The molecule has 2 heterocycles. The molecule has 0 aliphatic carbocycles. The van der Waals surface area contributed by atoms with E-state index in [1.54, 1.807) is 13.0 Å². The van der Waals surface area contributed by atoms with Gasteiger partial charge in [0.25, 0.3) is 5.91 Å². The first-order chi connectivity index (χ1) is 15.0. The monoisotopic (exact) mass is 449 g/mol. The van der Waals surface area contributed by atoms with Crippen LogP contribution in [0.1, 0.15) is 48.5 Å². The third-order valence-corrected chi connectivity index (χ3v) is 7.16. The van der Waals surface area contributed by atoms with Gasteiger partial charge in [-0.2, -0.15) is 0 Å². The van der Waals surface area contributed by atoms with Gasteiger partial charge in [0.15, 0.2) is 0 Å². The van der Waals surface area contributed by atoms with E-state index in [4.69, 9.17) is 4.74 Å². The van der Waals surface area contributed by atoms with Crippen molar-refractivity contribution in [2.24, 2.45) is 0 Å². The number of carbonyl (C=O) groups is 2. The van der Waals surface area contributed by atoms with Gasteiger partial charge in [0.1, 0.15) is 5.00 Å². The summed E-state index contributed by atoms with van der Waals surface area (Å²) >= 11 is 2.86. The van der Waals surface area contributed by atoms with E-state index >= 15 is 0 Å². The van der Waals surface area contributed by atoms with Crippen LogP contribution in [-0.4, -0.2) is 18.5 Å². The van der Waals surface area contributed by atoms with Crippen molar-refractivity contribution in [1.29, 1.82) is 0 Å². The summed E-state index contributed by atoms with van der Waals surface area (Å²) < 4.78 is 6.22. The summed E-state index contributed by atoms with van der Waals surface area (Å²) in [7, 11) is 0. The smallest absolute Gasteiger partial charge is 0.341 e. The predicted octanol–water partition coefficient (Wildman–Crippen LogP) is 6.60. The molecule has 2 aromatic heterocycles. The van der Waals surface area contributed by atoms with E-state index in [1.807, 2.05) is 25.1 Å². The zero-order chi connectivity index (χ0) is 22.0. The van der Waals surface area contributed by atoms with Crippen LogP contribution in [0.2, 0.25) is 0 Å². The minimum Gasteiger partial charge on any atom is -0.462 e. The van der Waals surface area contributed by atoms with Crippen LogP contribution < -0.4 is 5.32 Å². The number of esters is 1. The highest BCUT2D eigenvalue weighted by Gasteiger charge is 2.22. The summed E-state index contributed by atoms with van der Waals surface area (Å²) in [4.78, 5) is 27.3. The molecule has 0 spiro atoms. The Bertz CT molecular complexity index is 1250. The molecule has 1 N–H and O–H groups in total. The fourth-order valence-corrected chi connectivity index (χ4v) is 5.51. The van der Waals surface area contributed by atoms with Gasteiger partial charge in [0.2, 0.25) is 0 Å². The molecule has 4 rings (SSSR count). The van der Waals surface area contributed by atoms with Crippen LogP contribution in [0.4, 0.5) is 5.00 Å². The molecule has 0 aliphatic rings. The Balaban J connectivity index is 1.70. The van der Waals surface area contributed by atoms with Gasteiger partial charge in [-0.05, 0) is 55.8 Å². The first-order valence-corrected chi connectivity index (χ1v) is 11.7. The molecule has 2 aromatic carbocycles. The predicted molar refractivity (Wildman–Crippen MR) is 129 cm³/mol. The Morgan fingerprint density at radius 1 is 1.00 bits per heavy atom.